The second-order valence-electron chi connectivity index (χ2n) is 6.02. The molecule has 0 unspecified atom stereocenters. The predicted molar refractivity (Wildman–Crippen MR) is 102 cm³/mol. The van der Waals surface area contributed by atoms with Gasteiger partial charge < -0.3 is 4.42 Å². The number of sulfone groups is 1. The van der Waals surface area contributed by atoms with Gasteiger partial charge in [-0.3, -0.25) is 14.8 Å². The van der Waals surface area contributed by atoms with E-state index in [1.165, 1.54) is 30.7 Å². The molecule has 7 heteroatoms. The molecule has 0 radical (unpaired) electrons. The molecule has 2 aromatic carbocycles. The number of fused-ring (bicyclic) bond motifs is 1. The number of nitrogens with zero attached hydrogens (tertiary/aromatic N) is 2. The minimum atomic E-state index is -3.32. The van der Waals surface area contributed by atoms with Crippen molar-refractivity contribution in [3.63, 3.8) is 0 Å². The van der Waals surface area contributed by atoms with Crippen LogP contribution in [0.2, 0.25) is 0 Å². The molecule has 4 rings (SSSR count). The monoisotopic (exact) mass is 378 g/mol. The SMILES string of the molecule is CS(=O)(=O)c1ccc(-c2oc3ccccc3c(=O)c2-c2cnccn2)cc1. The Morgan fingerprint density at radius 2 is 1.70 bits per heavy atom. The molecular formula is C20H14N2O4S. The molecule has 0 spiro atoms. The fourth-order valence-corrected chi connectivity index (χ4v) is 3.49. The van der Waals surface area contributed by atoms with Gasteiger partial charge in [0.15, 0.2) is 9.84 Å². The largest absolute Gasteiger partial charge is 0.455 e. The molecule has 0 atom stereocenters. The molecule has 0 saturated heterocycles. The Kier molecular flexibility index (Phi) is 4.08. The van der Waals surface area contributed by atoms with Crippen molar-refractivity contribution >= 4 is 20.8 Å². The van der Waals surface area contributed by atoms with Crippen LogP contribution in [0.15, 0.2) is 81.2 Å². The van der Waals surface area contributed by atoms with Crippen LogP contribution in [-0.2, 0) is 9.84 Å². The summed E-state index contributed by atoms with van der Waals surface area (Å²) in [6.07, 6.45) is 5.66. The molecule has 2 aromatic heterocycles. The highest BCUT2D eigenvalue weighted by atomic mass is 32.2. The molecule has 0 saturated carbocycles. The second kappa shape index (κ2) is 6.44. The summed E-state index contributed by atoms with van der Waals surface area (Å²) in [5.74, 6) is 0.319. The molecule has 0 aliphatic rings. The van der Waals surface area contributed by atoms with Crippen LogP contribution in [0.4, 0.5) is 0 Å². The standard InChI is InChI=1S/C20H14N2O4S/c1-27(24,25)14-8-6-13(7-9-14)20-18(16-12-21-10-11-22-16)19(23)15-4-2-3-5-17(15)26-20/h2-12H,1H3. The van der Waals surface area contributed by atoms with Gasteiger partial charge in [-0.1, -0.05) is 12.1 Å². The smallest absolute Gasteiger partial charge is 0.202 e. The van der Waals surface area contributed by atoms with Gasteiger partial charge in [-0.2, -0.15) is 0 Å². The number of hydrogen-bond acceptors (Lipinski definition) is 6. The third-order valence-corrected chi connectivity index (χ3v) is 5.29. The molecule has 0 N–H and O–H groups in total. The highest BCUT2D eigenvalue weighted by Gasteiger charge is 2.19. The first kappa shape index (κ1) is 17.1. The van der Waals surface area contributed by atoms with Crippen molar-refractivity contribution in [3.8, 4) is 22.6 Å². The Hall–Kier alpha value is -3.32. The van der Waals surface area contributed by atoms with Gasteiger partial charge in [0.05, 0.1) is 27.7 Å². The van der Waals surface area contributed by atoms with E-state index in [4.69, 9.17) is 4.42 Å². The molecule has 0 aliphatic heterocycles. The lowest BCUT2D eigenvalue weighted by atomic mass is 10.0. The first-order valence-corrected chi connectivity index (χ1v) is 9.97. The number of aromatic nitrogens is 2. The van der Waals surface area contributed by atoms with Crippen molar-refractivity contribution in [2.45, 2.75) is 4.90 Å². The van der Waals surface area contributed by atoms with Crippen molar-refractivity contribution in [2.75, 3.05) is 6.26 Å². The number of hydrogen-bond donors (Lipinski definition) is 0. The topological polar surface area (TPSA) is 90.1 Å². The summed E-state index contributed by atoms with van der Waals surface area (Å²) in [4.78, 5) is 21.6. The molecule has 4 aromatic rings. The highest BCUT2D eigenvalue weighted by Crippen LogP contribution is 2.31. The minimum Gasteiger partial charge on any atom is -0.455 e. The van der Waals surface area contributed by atoms with Crippen LogP contribution >= 0.6 is 0 Å². The zero-order valence-corrected chi connectivity index (χ0v) is 15.1. The van der Waals surface area contributed by atoms with Gasteiger partial charge in [-0.15, -0.1) is 0 Å². The maximum Gasteiger partial charge on any atom is 0.202 e. The first-order chi connectivity index (χ1) is 12.9. The minimum absolute atomic E-state index is 0.190. The molecule has 0 amide bonds. The number of para-hydroxylation sites is 1. The summed E-state index contributed by atoms with van der Waals surface area (Å²) in [6.45, 7) is 0. The van der Waals surface area contributed by atoms with Crippen LogP contribution in [0.5, 0.6) is 0 Å². The maximum atomic E-state index is 13.1. The summed E-state index contributed by atoms with van der Waals surface area (Å²) in [6, 6.07) is 13.2. The van der Waals surface area contributed by atoms with Crippen LogP contribution < -0.4 is 5.43 Å². The average molecular weight is 378 g/mol. The molecule has 27 heavy (non-hydrogen) atoms. The Labute approximate surface area is 155 Å². The van der Waals surface area contributed by atoms with Crippen molar-refractivity contribution in [2.24, 2.45) is 0 Å². The zero-order chi connectivity index (χ0) is 19.0. The lowest BCUT2D eigenvalue weighted by Crippen LogP contribution is -2.08. The average Bonchev–Trinajstić information content (AvgIpc) is 2.68. The lowest BCUT2D eigenvalue weighted by Gasteiger charge is -2.10. The van der Waals surface area contributed by atoms with Crippen LogP contribution in [0.3, 0.4) is 0 Å². The van der Waals surface area contributed by atoms with E-state index in [0.29, 0.717) is 28.0 Å². The summed E-state index contributed by atoms with van der Waals surface area (Å²) >= 11 is 0. The third kappa shape index (κ3) is 3.13. The fraction of sp³-hybridized carbons (Fsp3) is 0.0500. The van der Waals surface area contributed by atoms with E-state index in [-0.39, 0.29) is 15.9 Å². The molecule has 0 aliphatic carbocycles. The van der Waals surface area contributed by atoms with E-state index in [1.54, 1.807) is 36.4 Å². The fourth-order valence-electron chi connectivity index (χ4n) is 2.86. The Bertz CT molecular complexity index is 1300. The van der Waals surface area contributed by atoms with E-state index in [0.717, 1.165) is 6.26 Å². The third-order valence-electron chi connectivity index (χ3n) is 4.16. The summed E-state index contributed by atoms with van der Waals surface area (Å²) < 4.78 is 29.4. The van der Waals surface area contributed by atoms with Crippen LogP contribution in [-0.4, -0.2) is 24.6 Å². The van der Waals surface area contributed by atoms with Crippen LogP contribution in [0, 0.1) is 0 Å². The van der Waals surface area contributed by atoms with E-state index in [2.05, 4.69) is 9.97 Å². The van der Waals surface area contributed by atoms with E-state index < -0.39 is 9.84 Å². The van der Waals surface area contributed by atoms with Crippen LogP contribution in [0.25, 0.3) is 33.6 Å². The molecule has 0 bridgehead atoms. The van der Waals surface area contributed by atoms with Crippen molar-refractivity contribution in [1.82, 2.24) is 9.97 Å². The van der Waals surface area contributed by atoms with Gasteiger partial charge in [-0.25, -0.2) is 8.42 Å². The van der Waals surface area contributed by atoms with E-state index in [9.17, 15) is 13.2 Å². The summed E-state index contributed by atoms with van der Waals surface area (Å²) in [7, 11) is -3.32. The Morgan fingerprint density at radius 3 is 2.37 bits per heavy atom. The van der Waals surface area contributed by atoms with Gasteiger partial charge in [0.25, 0.3) is 0 Å². The van der Waals surface area contributed by atoms with Crippen molar-refractivity contribution in [3.05, 3.63) is 77.3 Å². The van der Waals surface area contributed by atoms with Gasteiger partial charge in [-0.05, 0) is 36.4 Å². The molecular weight excluding hydrogens is 364 g/mol. The molecule has 0 fully saturated rings. The van der Waals surface area contributed by atoms with Crippen molar-refractivity contribution < 1.29 is 12.8 Å². The second-order valence-corrected chi connectivity index (χ2v) is 8.03. The van der Waals surface area contributed by atoms with Gasteiger partial charge in [0.2, 0.25) is 5.43 Å². The summed E-state index contributed by atoms with van der Waals surface area (Å²) in [5, 5.41) is 0.439. The van der Waals surface area contributed by atoms with Crippen molar-refractivity contribution in [1.29, 1.82) is 0 Å². The molecule has 2 heterocycles. The van der Waals surface area contributed by atoms with Gasteiger partial charge in [0.1, 0.15) is 11.3 Å². The Morgan fingerprint density at radius 1 is 0.963 bits per heavy atom. The quantitative estimate of drug-likeness (QED) is 0.543. The molecule has 134 valence electrons. The lowest BCUT2D eigenvalue weighted by molar-refractivity contribution is 0.601. The predicted octanol–water partition coefficient (Wildman–Crippen LogP) is 3.32. The highest BCUT2D eigenvalue weighted by molar-refractivity contribution is 7.90. The Balaban J connectivity index is 2.03. The maximum absolute atomic E-state index is 13.1. The summed E-state index contributed by atoms with van der Waals surface area (Å²) in [5.41, 5.74) is 1.47. The van der Waals surface area contributed by atoms with Crippen LogP contribution in [0.1, 0.15) is 0 Å². The van der Waals surface area contributed by atoms with E-state index in [1.807, 2.05) is 0 Å². The van der Waals surface area contributed by atoms with Gasteiger partial charge in [0, 0.05) is 24.2 Å². The number of benzene rings is 2. The zero-order valence-electron chi connectivity index (χ0n) is 14.3. The number of rotatable bonds is 3. The normalized spacial score (nSPS) is 11.6. The first-order valence-electron chi connectivity index (χ1n) is 8.08. The van der Waals surface area contributed by atoms with E-state index >= 15 is 0 Å². The van der Waals surface area contributed by atoms with Gasteiger partial charge >= 0.3 is 0 Å². The molecule has 6 nitrogen and oxygen atoms in total.